The van der Waals surface area contributed by atoms with Gasteiger partial charge in [-0.1, -0.05) is 54.4 Å². The summed E-state index contributed by atoms with van der Waals surface area (Å²) in [6.07, 6.45) is 11.2. The summed E-state index contributed by atoms with van der Waals surface area (Å²) in [6.45, 7) is 5.52. The van der Waals surface area contributed by atoms with Gasteiger partial charge in [-0.3, -0.25) is 0 Å². The number of ether oxygens (including phenoxy) is 2. The maximum Gasteiger partial charge on any atom is 0.154 e. The van der Waals surface area contributed by atoms with E-state index in [9.17, 15) is 0 Å². The number of hydrogen-bond acceptors (Lipinski definition) is 2. The van der Waals surface area contributed by atoms with Crippen LogP contribution in [0.25, 0.3) is 0 Å². The van der Waals surface area contributed by atoms with Crippen molar-refractivity contribution in [3.05, 3.63) is 10.2 Å². The molecule has 0 fully saturated rings. The fourth-order valence-corrected chi connectivity index (χ4v) is 2.03. The Balaban J connectivity index is 3.03. The fraction of sp³-hybridized carbons (Fsp3) is 0.857. The van der Waals surface area contributed by atoms with Crippen molar-refractivity contribution in [2.75, 3.05) is 13.2 Å². The van der Waals surface area contributed by atoms with Gasteiger partial charge in [0.15, 0.2) is 6.29 Å². The fourth-order valence-electron chi connectivity index (χ4n) is 1.67. The van der Waals surface area contributed by atoms with Crippen molar-refractivity contribution in [3.8, 4) is 0 Å². The first kappa shape index (κ1) is 17.4. The Morgan fingerprint density at radius 1 is 1.00 bits per heavy atom. The molecular formula is C14H27IO2. The standard InChI is InChI=1S/C14H27IO2/c1-3-16-14(2)17-13-11-9-7-5-4-6-8-10-12-15/h10,12,14H,3-9,11,13H2,1-2H3/b12-10-. The summed E-state index contributed by atoms with van der Waals surface area (Å²) >= 11 is 2.28. The molecule has 0 aliphatic heterocycles. The van der Waals surface area contributed by atoms with E-state index in [-0.39, 0.29) is 6.29 Å². The van der Waals surface area contributed by atoms with Gasteiger partial charge >= 0.3 is 0 Å². The average Bonchev–Trinajstić information content (AvgIpc) is 2.32. The zero-order valence-corrected chi connectivity index (χ0v) is 13.4. The summed E-state index contributed by atoms with van der Waals surface area (Å²) in [7, 11) is 0. The zero-order chi connectivity index (χ0) is 12.8. The molecule has 1 unspecified atom stereocenters. The van der Waals surface area contributed by atoms with Crippen molar-refractivity contribution in [1.29, 1.82) is 0 Å². The first-order valence-corrected chi connectivity index (χ1v) is 8.04. The van der Waals surface area contributed by atoms with E-state index in [0.717, 1.165) is 19.6 Å². The monoisotopic (exact) mass is 354 g/mol. The van der Waals surface area contributed by atoms with Gasteiger partial charge in [-0.2, -0.15) is 0 Å². The molecule has 17 heavy (non-hydrogen) atoms. The lowest BCUT2D eigenvalue weighted by Gasteiger charge is -2.12. The first-order chi connectivity index (χ1) is 8.31. The molecule has 0 aromatic rings. The third-order valence-electron chi connectivity index (χ3n) is 2.61. The Morgan fingerprint density at radius 2 is 1.65 bits per heavy atom. The van der Waals surface area contributed by atoms with Gasteiger partial charge in [-0.15, -0.1) is 0 Å². The van der Waals surface area contributed by atoms with Gasteiger partial charge in [0.05, 0.1) is 0 Å². The van der Waals surface area contributed by atoms with Crippen LogP contribution in [0.1, 0.15) is 58.8 Å². The molecule has 2 nitrogen and oxygen atoms in total. The Hall–Kier alpha value is 0.390. The Labute approximate surface area is 120 Å². The molecule has 0 aliphatic carbocycles. The molecule has 1 atom stereocenters. The van der Waals surface area contributed by atoms with E-state index >= 15 is 0 Å². The largest absolute Gasteiger partial charge is 0.353 e. The van der Waals surface area contributed by atoms with Crippen molar-refractivity contribution >= 4 is 22.6 Å². The van der Waals surface area contributed by atoms with E-state index in [0.29, 0.717) is 0 Å². The number of hydrogen-bond donors (Lipinski definition) is 0. The van der Waals surface area contributed by atoms with Crippen molar-refractivity contribution < 1.29 is 9.47 Å². The van der Waals surface area contributed by atoms with Gasteiger partial charge < -0.3 is 9.47 Å². The molecule has 0 radical (unpaired) electrons. The summed E-state index contributed by atoms with van der Waals surface area (Å²) in [4.78, 5) is 0. The number of rotatable bonds is 12. The smallest absolute Gasteiger partial charge is 0.154 e. The van der Waals surface area contributed by atoms with Gasteiger partial charge in [-0.25, -0.2) is 0 Å². The zero-order valence-electron chi connectivity index (χ0n) is 11.3. The number of allylic oxidation sites excluding steroid dienone is 1. The van der Waals surface area contributed by atoms with Crippen LogP contribution in [-0.2, 0) is 9.47 Å². The second-order valence-corrected chi connectivity index (χ2v) is 4.88. The van der Waals surface area contributed by atoms with Crippen LogP contribution in [0.15, 0.2) is 10.2 Å². The molecule has 0 rings (SSSR count). The van der Waals surface area contributed by atoms with Gasteiger partial charge in [0.2, 0.25) is 0 Å². The molecule has 0 aromatic heterocycles. The van der Waals surface area contributed by atoms with Gasteiger partial charge in [0.1, 0.15) is 0 Å². The van der Waals surface area contributed by atoms with Crippen LogP contribution in [-0.4, -0.2) is 19.5 Å². The van der Waals surface area contributed by atoms with Crippen LogP contribution in [0.4, 0.5) is 0 Å². The molecule has 0 amide bonds. The van der Waals surface area contributed by atoms with Crippen LogP contribution in [0.3, 0.4) is 0 Å². The lowest BCUT2D eigenvalue weighted by molar-refractivity contribution is -0.127. The maximum atomic E-state index is 5.51. The Bertz CT molecular complexity index is 172. The van der Waals surface area contributed by atoms with Crippen LogP contribution < -0.4 is 0 Å². The van der Waals surface area contributed by atoms with Gasteiger partial charge in [-0.05, 0) is 37.2 Å². The Kier molecular flexibility index (Phi) is 14.8. The molecule has 0 aromatic carbocycles. The average molecular weight is 354 g/mol. The topological polar surface area (TPSA) is 18.5 Å². The lowest BCUT2D eigenvalue weighted by Crippen LogP contribution is -2.13. The van der Waals surface area contributed by atoms with Gasteiger partial charge in [0.25, 0.3) is 0 Å². The predicted molar refractivity (Wildman–Crippen MR) is 82.5 cm³/mol. The van der Waals surface area contributed by atoms with E-state index in [2.05, 4.69) is 32.7 Å². The predicted octanol–water partition coefficient (Wildman–Crippen LogP) is 5.06. The molecule has 0 aliphatic rings. The van der Waals surface area contributed by atoms with E-state index in [1.54, 1.807) is 0 Å². The molecule has 3 heteroatoms. The molecule has 0 bridgehead atoms. The normalized spacial score (nSPS) is 13.4. The third kappa shape index (κ3) is 14.3. The molecule has 102 valence electrons. The van der Waals surface area contributed by atoms with Crippen molar-refractivity contribution in [2.45, 2.75) is 65.1 Å². The minimum absolute atomic E-state index is 0.0416. The summed E-state index contributed by atoms with van der Waals surface area (Å²) < 4.78 is 12.9. The minimum atomic E-state index is -0.0416. The number of unbranched alkanes of at least 4 members (excludes halogenated alkanes) is 6. The second kappa shape index (κ2) is 14.5. The molecule has 0 saturated heterocycles. The summed E-state index contributed by atoms with van der Waals surface area (Å²) in [5.74, 6) is 0. The Morgan fingerprint density at radius 3 is 2.29 bits per heavy atom. The van der Waals surface area contributed by atoms with E-state index in [4.69, 9.17) is 9.47 Å². The molecule has 0 spiro atoms. The van der Waals surface area contributed by atoms with Gasteiger partial charge in [0, 0.05) is 13.2 Å². The van der Waals surface area contributed by atoms with Crippen molar-refractivity contribution in [2.24, 2.45) is 0 Å². The summed E-state index contributed by atoms with van der Waals surface area (Å²) in [5, 5.41) is 0. The SMILES string of the molecule is CCOC(C)OCCCCCCCC/C=C\I. The highest BCUT2D eigenvalue weighted by Crippen LogP contribution is 2.08. The highest BCUT2D eigenvalue weighted by atomic mass is 127. The first-order valence-electron chi connectivity index (χ1n) is 6.79. The highest BCUT2D eigenvalue weighted by molar-refractivity contribution is 14.1. The van der Waals surface area contributed by atoms with Crippen molar-refractivity contribution in [3.63, 3.8) is 0 Å². The second-order valence-electron chi connectivity index (χ2n) is 4.17. The number of halogens is 1. The molecule has 0 heterocycles. The van der Waals surface area contributed by atoms with Crippen molar-refractivity contribution in [1.82, 2.24) is 0 Å². The van der Waals surface area contributed by atoms with Crippen LogP contribution in [0.2, 0.25) is 0 Å². The molecule has 0 saturated carbocycles. The third-order valence-corrected chi connectivity index (χ3v) is 3.12. The van der Waals surface area contributed by atoms with E-state index < -0.39 is 0 Å². The molecule has 0 N–H and O–H groups in total. The van der Waals surface area contributed by atoms with E-state index in [1.807, 2.05) is 13.8 Å². The quantitative estimate of drug-likeness (QED) is 0.277. The maximum absolute atomic E-state index is 5.51. The minimum Gasteiger partial charge on any atom is -0.353 e. The lowest BCUT2D eigenvalue weighted by atomic mass is 10.1. The molecular weight excluding hydrogens is 327 g/mol. The summed E-state index contributed by atoms with van der Waals surface area (Å²) in [5.41, 5.74) is 0. The van der Waals surface area contributed by atoms with Crippen LogP contribution in [0.5, 0.6) is 0 Å². The van der Waals surface area contributed by atoms with Crippen LogP contribution in [0, 0.1) is 0 Å². The van der Waals surface area contributed by atoms with E-state index in [1.165, 1.54) is 38.5 Å². The highest BCUT2D eigenvalue weighted by Gasteiger charge is 1.99. The summed E-state index contributed by atoms with van der Waals surface area (Å²) in [6, 6.07) is 0. The van der Waals surface area contributed by atoms with Crippen LogP contribution >= 0.6 is 22.6 Å².